The van der Waals surface area contributed by atoms with Crippen molar-refractivity contribution in [3.05, 3.63) is 54.2 Å². The first-order valence-corrected chi connectivity index (χ1v) is 8.10. The Bertz CT molecular complexity index is 602. The van der Waals surface area contributed by atoms with E-state index in [0.717, 1.165) is 38.3 Å². The SMILES string of the molecule is NC(=O)COc1ccc(CNCCCCNc2ccccn2)cc1. The third-order valence-electron chi connectivity index (χ3n) is 3.38. The molecule has 0 aliphatic carbocycles. The van der Waals surface area contributed by atoms with Crippen LogP contribution in [0.1, 0.15) is 18.4 Å². The number of nitrogens with zero attached hydrogens (tertiary/aromatic N) is 1. The Hall–Kier alpha value is -2.60. The summed E-state index contributed by atoms with van der Waals surface area (Å²) >= 11 is 0. The zero-order chi connectivity index (χ0) is 17.0. The van der Waals surface area contributed by atoms with Crippen LogP contribution in [0.2, 0.25) is 0 Å². The monoisotopic (exact) mass is 328 g/mol. The van der Waals surface area contributed by atoms with Crippen molar-refractivity contribution in [3.8, 4) is 5.75 Å². The average molecular weight is 328 g/mol. The number of aromatic nitrogens is 1. The predicted octanol–water partition coefficient (Wildman–Crippen LogP) is 1.93. The maximum Gasteiger partial charge on any atom is 0.255 e. The summed E-state index contributed by atoms with van der Waals surface area (Å²) in [6, 6.07) is 13.5. The van der Waals surface area contributed by atoms with Crippen LogP contribution in [0.5, 0.6) is 5.75 Å². The molecule has 1 heterocycles. The molecule has 2 rings (SSSR count). The van der Waals surface area contributed by atoms with Crippen molar-refractivity contribution in [2.24, 2.45) is 5.73 Å². The van der Waals surface area contributed by atoms with Gasteiger partial charge in [-0.1, -0.05) is 18.2 Å². The highest BCUT2D eigenvalue weighted by atomic mass is 16.5. The van der Waals surface area contributed by atoms with E-state index in [1.54, 1.807) is 6.20 Å². The molecule has 2 aromatic rings. The van der Waals surface area contributed by atoms with Gasteiger partial charge in [0.2, 0.25) is 0 Å². The van der Waals surface area contributed by atoms with E-state index < -0.39 is 5.91 Å². The second-order valence-electron chi connectivity index (χ2n) is 5.42. The van der Waals surface area contributed by atoms with Gasteiger partial charge in [-0.2, -0.15) is 0 Å². The van der Waals surface area contributed by atoms with Gasteiger partial charge >= 0.3 is 0 Å². The van der Waals surface area contributed by atoms with Crippen molar-refractivity contribution < 1.29 is 9.53 Å². The third kappa shape index (κ3) is 7.11. The fraction of sp³-hybridized carbons (Fsp3) is 0.333. The lowest BCUT2D eigenvalue weighted by Gasteiger charge is -2.08. The quantitative estimate of drug-likeness (QED) is 0.549. The van der Waals surface area contributed by atoms with E-state index in [1.807, 2.05) is 42.5 Å². The molecule has 1 aromatic carbocycles. The van der Waals surface area contributed by atoms with Gasteiger partial charge in [0, 0.05) is 19.3 Å². The molecule has 128 valence electrons. The van der Waals surface area contributed by atoms with E-state index in [1.165, 1.54) is 5.56 Å². The summed E-state index contributed by atoms with van der Waals surface area (Å²) in [7, 11) is 0. The van der Waals surface area contributed by atoms with Crippen LogP contribution < -0.4 is 21.1 Å². The number of amides is 1. The lowest BCUT2D eigenvalue weighted by Crippen LogP contribution is -2.20. The molecule has 0 fully saturated rings. The van der Waals surface area contributed by atoms with Crippen LogP contribution in [0, 0.1) is 0 Å². The fourth-order valence-corrected chi connectivity index (χ4v) is 2.15. The Labute approximate surface area is 142 Å². The van der Waals surface area contributed by atoms with Gasteiger partial charge in [-0.05, 0) is 49.2 Å². The van der Waals surface area contributed by atoms with Gasteiger partial charge in [-0.15, -0.1) is 0 Å². The smallest absolute Gasteiger partial charge is 0.255 e. The Morgan fingerprint density at radius 3 is 2.58 bits per heavy atom. The number of primary amides is 1. The first-order valence-electron chi connectivity index (χ1n) is 8.10. The summed E-state index contributed by atoms with van der Waals surface area (Å²) in [5, 5.41) is 6.71. The van der Waals surface area contributed by atoms with Crippen LogP contribution in [0.4, 0.5) is 5.82 Å². The minimum absolute atomic E-state index is 0.0931. The molecule has 0 unspecified atom stereocenters. The lowest BCUT2D eigenvalue weighted by molar-refractivity contribution is -0.119. The van der Waals surface area contributed by atoms with E-state index in [2.05, 4.69) is 15.6 Å². The van der Waals surface area contributed by atoms with Gasteiger partial charge in [0.05, 0.1) is 0 Å². The van der Waals surface area contributed by atoms with Crippen molar-refractivity contribution in [2.75, 3.05) is 25.0 Å². The Morgan fingerprint density at radius 2 is 1.88 bits per heavy atom. The highest BCUT2D eigenvalue weighted by Gasteiger charge is 1.98. The number of pyridine rings is 1. The average Bonchev–Trinajstić information content (AvgIpc) is 2.61. The van der Waals surface area contributed by atoms with Gasteiger partial charge in [0.15, 0.2) is 6.61 Å². The molecule has 0 saturated heterocycles. The Morgan fingerprint density at radius 1 is 1.08 bits per heavy atom. The van der Waals surface area contributed by atoms with Crippen LogP contribution in [-0.2, 0) is 11.3 Å². The molecule has 0 radical (unpaired) electrons. The standard InChI is InChI=1S/C18H24N4O2/c19-17(23)14-24-16-8-6-15(7-9-16)13-20-10-3-4-12-22-18-5-1-2-11-21-18/h1-2,5-9,11,20H,3-4,10,12-14H2,(H2,19,23)(H,21,22). The number of ether oxygens (including phenoxy) is 1. The molecule has 6 heteroatoms. The lowest BCUT2D eigenvalue weighted by atomic mass is 10.2. The first-order chi connectivity index (χ1) is 11.7. The van der Waals surface area contributed by atoms with Gasteiger partial charge < -0.3 is 21.1 Å². The summed E-state index contributed by atoms with van der Waals surface area (Å²) in [4.78, 5) is 14.9. The number of carbonyl (C=O) groups excluding carboxylic acids is 1. The van der Waals surface area contributed by atoms with Gasteiger partial charge in [-0.3, -0.25) is 4.79 Å². The molecule has 0 saturated carbocycles. The molecule has 1 aromatic heterocycles. The van der Waals surface area contributed by atoms with Crippen molar-refractivity contribution in [2.45, 2.75) is 19.4 Å². The molecule has 0 aliphatic rings. The molecule has 0 bridgehead atoms. The van der Waals surface area contributed by atoms with E-state index in [4.69, 9.17) is 10.5 Å². The van der Waals surface area contributed by atoms with E-state index in [0.29, 0.717) is 5.75 Å². The Kier molecular flexibility index (Phi) is 7.56. The van der Waals surface area contributed by atoms with E-state index in [9.17, 15) is 4.79 Å². The zero-order valence-corrected chi connectivity index (χ0v) is 13.7. The number of hydrogen-bond acceptors (Lipinski definition) is 5. The maximum absolute atomic E-state index is 10.6. The number of nitrogens with one attached hydrogen (secondary N) is 2. The molecule has 4 N–H and O–H groups in total. The Balaban J connectivity index is 1.53. The van der Waals surface area contributed by atoms with Crippen molar-refractivity contribution >= 4 is 11.7 Å². The normalized spacial score (nSPS) is 10.3. The number of nitrogens with two attached hydrogens (primary N) is 1. The van der Waals surface area contributed by atoms with Crippen LogP contribution in [0.3, 0.4) is 0 Å². The van der Waals surface area contributed by atoms with Crippen LogP contribution in [-0.4, -0.2) is 30.6 Å². The number of anilines is 1. The van der Waals surface area contributed by atoms with Crippen LogP contribution in [0.15, 0.2) is 48.7 Å². The summed E-state index contributed by atoms with van der Waals surface area (Å²) in [5.41, 5.74) is 6.21. The number of hydrogen-bond donors (Lipinski definition) is 3. The largest absolute Gasteiger partial charge is 0.484 e. The number of benzene rings is 1. The second-order valence-corrected chi connectivity index (χ2v) is 5.42. The summed E-state index contributed by atoms with van der Waals surface area (Å²) in [6.45, 7) is 2.60. The fourth-order valence-electron chi connectivity index (χ4n) is 2.15. The third-order valence-corrected chi connectivity index (χ3v) is 3.38. The number of carbonyl (C=O) groups is 1. The molecule has 6 nitrogen and oxygen atoms in total. The minimum atomic E-state index is -0.474. The second kappa shape index (κ2) is 10.2. The predicted molar refractivity (Wildman–Crippen MR) is 94.8 cm³/mol. The molecular weight excluding hydrogens is 304 g/mol. The number of rotatable bonds is 11. The minimum Gasteiger partial charge on any atom is -0.484 e. The van der Waals surface area contributed by atoms with E-state index >= 15 is 0 Å². The van der Waals surface area contributed by atoms with Gasteiger partial charge in [0.25, 0.3) is 5.91 Å². The maximum atomic E-state index is 10.6. The molecule has 0 aliphatic heterocycles. The molecule has 24 heavy (non-hydrogen) atoms. The highest BCUT2D eigenvalue weighted by molar-refractivity contribution is 5.75. The topological polar surface area (TPSA) is 89.3 Å². The highest BCUT2D eigenvalue weighted by Crippen LogP contribution is 2.11. The van der Waals surface area contributed by atoms with Gasteiger partial charge in [-0.25, -0.2) is 4.98 Å². The van der Waals surface area contributed by atoms with Gasteiger partial charge in [0.1, 0.15) is 11.6 Å². The van der Waals surface area contributed by atoms with Crippen LogP contribution >= 0.6 is 0 Å². The van der Waals surface area contributed by atoms with Crippen molar-refractivity contribution in [1.82, 2.24) is 10.3 Å². The van der Waals surface area contributed by atoms with Crippen LogP contribution in [0.25, 0.3) is 0 Å². The van der Waals surface area contributed by atoms with E-state index in [-0.39, 0.29) is 6.61 Å². The molecular formula is C18H24N4O2. The molecule has 0 spiro atoms. The zero-order valence-electron chi connectivity index (χ0n) is 13.7. The molecule has 1 amide bonds. The van der Waals surface area contributed by atoms with Crippen molar-refractivity contribution in [1.29, 1.82) is 0 Å². The molecule has 0 atom stereocenters. The first kappa shape index (κ1) is 17.7. The summed E-state index contributed by atoms with van der Waals surface area (Å²) in [6.07, 6.45) is 3.97. The van der Waals surface area contributed by atoms with Crippen molar-refractivity contribution in [3.63, 3.8) is 0 Å². The summed E-state index contributed by atoms with van der Waals surface area (Å²) in [5.74, 6) is 1.10. The number of unbranched alkanes of at least 4 members (excludes halogenated alkanes) is 1. The summed E-state index contributed by atoms with van der Waals surface area (Å²) < 4.78 is 5.22.